The highest BCUT2D eigenvalue weighted by Gasteiger charge is 2.59. The van der Waals surface area contributed by atoms with Gasteiger partial charge in [-0.15, -0.1) is 0 Å². The smallest absolute Gasteiger partial charge is 0.395 e. The Bertz CT molecular complexity index is 888. The van der Waals surface area contributed by atoms with Gasteiger partial charge in [0.2, 0.25) is 0 Å². The number of nitrogens with one attached hydrogen (secondary N) is 1. The summed E-state index contributed by atoms with van der Waals surface area (Å²) in [5.41, 5.74) is 2.10. The number of carbonyl (C=O) groups is 2. The number of rotatable bonds is 9. The standard InChI is InChI=1S/C28H45N3O5/c1-4-29-13-14-31(15-16-32)26(35)36-30-25(18-33)24-8-7-22-21-6-5-19-17-20(34)9-11-27(19,2)23(21)10-12-28(22,24)3/h17,21-24,29,32-33H,4-16,18H2,1-3H3/b30-25-/t21-,22-,23-,24+,27-,28-/m0/s1. The lowest BCUT2D eigenvalue weighted by Crippen LogP contribution is -2.51. The van der Waals surface area contributed by atoms with E-state index in [1.807, 2.05) is 13.0 Å². The molecule has 0 spiro atoms. The summed E-state index contributed by atoms with van der Waals surface area (Å²) >= 11 is 0. The van der Waals surface area contributed by atoms with E-state index in [9.17, 15) is 19.8 Å². The summed E-state index contributed by atoms with van der Waals surface area (Å²) in [6, 6.07) is 0. The molecule has 3 saturated carbocycles. The molecule has 0 bridgehead atoms. The molecule has 1 amide bonds. The van der Waals surface area contributed by atoms with E-state index in [0.717, 1.165) is 51.5 Å². The van der Waals surface area contributed by atoms with Crippen molar-refractivity contribution in [2.24, 2.45) is 39.7 Å². The lowest BCUT2D eigenvalue weighted by Gasteiger charge is -2.58. The number of aliphatic hydroxyl groups is 2. The Morgan fingerprint density at radius 3 is 2.67 bits per heavy atom. The fraction of sp³-hybridized carbons (Fsp3) is 0.821. The topological polar surface area (TPSA) is 111 Å². The van der Waals surface area contributed by atoms with Gasteiger partial charge in [0.05, 0.1) is 18.9 Å². The first-order chi connectivity index (χ1) is 17.3. The second kappa shape index (κ2) is 11.3. The fourth-order valence-corrected chi connectivity index (χ4v) is 8.27. The van der Waals surface area contributed by atoms with Gasteiger partial charge in [0.1, 0.15) is 0 Å². The molecule has 3 fully saturated rings. The predicted molar refractivity (Wildman–Crippen MR) is 138 cm³/mol. The molecule has 0 aliphatic heterocycles. The van der Waals surface area contributed by atoms with Crippen LogP contribution in [0.2, 0.25) is 0 Å². The SMILES string of the molecule is CCNCCN(CCO)C(=O)O/N=C(/CO)[C@H]1CC[C@H]2[C@@H]3CCC4=CC(=O)CC[C@]4(C)[C@H]3CC[C@]12C. The van der Waals surface area contributed by atoms with Crippen LogP contribution >= 0.6 is 0 Å². The zero-order chi connectivity index (χ0) is 25.9. The number of aliphatic hydroxyl groups excluding tert-OH is 2. The number of carbonyl (C=O) groups excluding carboxylic acids is 2. The third-order valence-electron chi connectivity index (χ3n) is 10.2. The summed E-state index contributed by atoms with van der Waals surface area (Å²) in [4.78, 5) is 31.5. The van der Waals surface area contributed by atoms with Crippen LogP contribution in [0.15, 0.2) is 16.8 Å². The number of amides is 1. The summed E-state index contributed by atoms with van der Waals surface area (Å²) in [5.74, 6) is 2.17. The van der Waals surface area contributed by atoms with Crippen molar-refractivity contribution < 1.29 is 24.6 Å². The Morgan fingerprint density at radius 2 is 1.94 bits per heavy atom. The van der Waals surface area contributed by atoms with Gasteiger partial charge in [0.15, 0.2) is 5.78 Å². The Kier molecular flexibility index (Phi) is 8.57. The minimum absolute atomic E-state index is 0.0209. The van der Waals surface area contributed by atoms with Crippen LogP contribution in [-0.2, 0) is 9.63 Å². The Labute approximate surface area is 215 Å². The number of allylic oxidation sites excluding steroid dienone is 1. The molecule has 0 unspecified atom stereocenters. The number of hydrogen-bond acceptors (Lipinski definition) is 7. The molecule has 0 aromatic heterocycles. The first-order valence-electron chi connectivity index (χ1n) is 14.0. The summed E-state index contributed by atoms with van der Waals surface area (Å²) in [6.07, 6.45) is 9.39. The van der Waals surface area contributed by atoms with E-state index in [1.54, 1.807) is 0 Å². The third-order valence-corrected chi connectivity index (χ3v) is 10.2. The largest absolute Gasteiger partial charge is 0.436 e. The monoisotopic (exact) mass is 503 g/mol. The van der Waals surface area contributed by atoms with Gasteiger partial charge in [-0.2, -0.15) is 0 Å². The van der Waals surface area contributed by atoms with E-state index in [-0.39, 0.29) is 36.5 Å². The van der Waals surface area contributed by atoms with Crippen molar-refractivity contribution in [3.8, 4) is 0 Å². The molecule has 0 radical (unpaired) electrons. The second-order valence-corrected chi connectivity index (χ2v) is 11.8. The molecule has 0 aromatic rings. The van der Waals surface area contributed by atoms with E-state index >= 15 is 0 Å². The molecular formula is C28H45N3O5. The zero-order valence-corrected chi connectivity index (χ0v) is 22.3. The van der Waals surface area contributed by atoms with Crippen LogP contribution in [0.1, 0.15) is 72.1 Å². The van der Waals surface area contributed by atoms with Gasteiger partial charge in [-0.3, -0.25) is 9.63 Å². The van der Waals surface area contributed by atoms with Gasteiger partial charge < -0.3 is 20.4 Å². The maximum absolute atomic E-state index is 12.7. The summed E-state index contributed by atoms with van der Waals surface area (Å²) in [5, 5.41) is 27.0. The predicted octanol–water partition coefficient (Wildman–Crippen LogP) is 3.52. The lowest BCUT2D eigenvalue weighted by atomic mass is 9.46. The number of oxime groups is 1. The van der Waals surface area contributed by atoms with Gasteiger partial charge in [-0.25, -0.2) is 4.79 Å². The molecule has 4 aliphatic rings. The van der Waals surface area contributed by atoms with Gasteiger partial charge in [-0.05, 0) is 86.2 Å². The molecule has 202 valence electrons. The molecule has 8 nitrogen and oxygen atoms in total. The van der Waals surface area contributed by atoms with Crippen LogP contribution < -0.4 is 5.32 Å². The molecule has 3 N–H and O–H groups in total. The minimum atomic E-state index is -0.595. The van der Waals surface area contributed by atoms with Crippen LogP contribution in [-0.4, -0.2) is 72.1 Å². The molecule has 8 heteroatoms. The van der Waals surface area contributed by atoms with Crippen molar-refractivity contribution in [3.63, 3.8) is 0 Å². The Hall–Kier alpha value is -1.77. The molecule has 36 heavy (non-hydrogen) atoms. The van der Waals surface area contributed by atoms with Crippen LogP contribution in [0, 0.1) is 34.5 Å². The van der Waals surface area contributed by atoms with E-state index in [0.29, 0.717) is 48.8 Å². The maximum atomic E-state index is 12.7. The number of nitrogens with zero attached hydrogens (tertiary/aromatic N) is 2. The fourth-order valence-electron chi connectivity index (χ4n) is 8.27. The Balaban J connectivity index is 1.47. The first-order valence-corrected chi connectivity index (χ1v) is 14.0. The van der Waals surface area contributed by atoms with Crippen LogP contribution in [0.5, 0.6) is 0 Å². The van der Waals surface area contributed by atoms with Crippen molar-refractivity contribution in [3.05, 3.63) is 11.6 Å². The van der Waals surface area contributed by atoms with E-state index in [4.69, 9.17) is 4.84 Å². The van der Waals surface area contributed by atoms with Gasteiger partial charge in [-0.1, -0.05) is 31.5 Å². The highest BCUT2D eigenvalue weighted by atomic mass is 16.7. The number of likely N-dealkylation sites (N-methyl/N-ethyl adjacent to an activating group) is 1. The van der Waals surface area contributed by atoms with Crippen molar-refractivity contribution in [2.45, 2.75) is 72.1 Å². The maximum Gasteiger partial charge on any atom is 0.436 e. The molecular weight excluding hydrogens is 458 g/mol. The Morgan fingerprint density at radius 1 is 1.14 bits per heavy atom. The molecule has 0 aromatic carbocycles. The average molecular weight is 504 g/mol. The summed E-state index contributed by atoms with van der Waals surface area (Å²) in [6.45, 7) is 8.38. The molecule has 0 heterocycles. The van der Waals surface area contributed by atoms with Crippen LogP contribution in [0.3, 0.4) is 0 Å². The van der Waals surface area contributed by atoms with E-state index in [2.05, 4.69) is 24.3 Å². The number of ketones is 1. The molecule has 6 atom stereocenters. The quantitative estimate of drug-likeness (QED) is 0.192. The highest BCUT2D eigenvalue weighted by Crippen LogP contribution is 2.66. The first kappa shape index (κ1) is 27.3. The van der Waals surface area contributed by atoms with Crippen molar-refractivity contribution in [2.75, 3.05) is 39.4 Å². The van der Waals surface area contributed by atoms with Crippen molar-refractivity contribution in [1.29, 1.82) is 0 Å². The zero-order valence-electron chi connectivity index (χ0n) is 22.3. The van der Waals surface area contributed by atoms with Gasteiger partial charge in [0, 0.05) is 32.0 Å². The number of fused-ring (bicyclic) bond motifs is 5. The molecule has 0 saturated heterocycles. The van der Waals surface area contributed by atoms with Crippen molar-refractivity contribution >= 4 is 17.6 Å². The van der Waals surface area contributed by atoms with E-state index < -0.39 is 6.09 Å². The summed E-state index contributed by atoms with van der Waals surface area (Å²) < 4.78 is 0. The van der Waals surface area contributed by atoms with Gasteiger partial charge in [0.25, 0.3) is 0 Å². The number of hydrogen-bond donors (Lipinski definition) is 3. The molecule has 4 aliphatic carbocycles. The normalized spacial score (nSPS) is 36.0. The van der Waals surface area contributed by atoms with Crippen molar-refractivity contribution in [1.82, 2.24) is 10.2 Å². The minimum Gasteiger partial charge on any atom is -0.395 e. The molecule has 4 rings (SSSR count). The van der Waals surface area contributed by atoms with Gasteiger partial charge >= 0.3 is 6.09 Å². The van der Waals surface area contributed by atoms with Crippen LogP contribution in [0.25, 0.3) is 0 Å². The van der Waals surface area contributed by atoms with Crippen LogP contribution in [0.4, 0.5) is 4.79 Å². The average Bonchev–Trinajstić information content (AvgIpc) is 3.21. The third kappa shape index (κ3) is 5.01. The second-order valence-electron chi connectivity index (χ2n) is 11.8. The highest BCUT2D eigenvalue weighted by molar-refractivity contribution is 5.91. The lowest BCUT2D eigenvalue weighted by molar-refractivity contribution is -0.117. The summed E-state index contributed by atoms with van der Waals surface area (Å²) in [7, 11) is 0. The van der Waals surface area contributed by atoms with E-state index in [1.165, 1.54) is 10.5 Å².